The first-order chi connectivity index (χ1) is 11.4. The zero-order valence-electron chi connectivity index (χ0n) is 12.0. The van der Waals surface area contributed by atoms with E-state index < -0.39 is 23.5 Å². The lowest BCUT2D eigenvalue weighted by Crippen LogP contribution is -2.25. The second-order valence-corrected chi connectivity index (χ2v) is 4.89. The van der Waals surface area contributed by atoms with Crippen LogP contribution in [0.2, 0.25) is 0 Å². The highest BCUT2D eigenvalue weighted by atomic mass is 19.1. The van der Waals surface area contributed by atoms with E-state index in [2.05, 4.69) is 15.4 Å². The van der Waals surface area contributed by atoms with Gasteiger partial charge in [0.2, 0.25) is 0 Å². The van der Waals surface area contributed by atoms with Crippen molar-refractivity contribution < 1.29 is 23.5 Å². The summed E-state index contributed by atoms with van der Waals surface area (Å²) < 4.78 is 27.3. The topological polar surface area (TPSA) is 96.6 Å². The Labute approximate surface area is 133 Å². The van der Waals surface area contributed by atoms with Gasteiger partial charge in [-0.25, -0.2) is 23.1 Å². The molecule has 0 aliphatic rings. The summed E-state index contributed by atoms with van der Waals surface area (Å²) in [7, 11) is 0. The Kier molecular flexibility index (Phi) is 3.90. The normalized spacial score (nSPS) is 10.8. The number of nitrogens with one attached hydrogen (secondary N) is 1. The van der Waals surface area contributed by atoms with Crippen molar-refractivity contribution in [3.8, 4) is 0 Å². The number of fused-ring (bicyclic) bond motifs is 1. The summed E-state index contributed by atoms with van der Waals surface area (Å²) in [6, 6.07) is 5.41. The van der Waals surface area contributed by atoms with Gasteiger partial charge in [-0.15, -0.1) is 0 Å². The number of carboxylic acids is 1. The number of benzene rings is 1. The number of nitrogens with zero attached hydrogens (tertiary/aromatic N) is 3. The quantitative estimate of drug-likeness (QED) is 0.757. The summed E-state index contributed by atoms with van der Waals surface area (Å²) in [6.45, 7) is -0.137. The highest BCUT2D eigenvalue weighted by Gasteiger charge is 2.16. The van der Waals surface area contributed by atoms with Crippen molar-refractivity contribution in [3.05, 3.63) is 65.1 Å². The molecule has 7 nitrogen and oxygen atoms in total. The number of hydrogen-bond acceptors (Lipinski definition) is 4. The predicted octanol–water partition coefficient (Wildman–Crippen LogP) is 1.64. The minimum absolute atomic E-state index is 0.137. The van der Waals surface area contributed by atoms with Crippen LogP contribution in [0.1, 0.15) is 26.5 Å². The van der Waals surface area contributed by atoms with E-state index >= 15 is 0 Å². The van der Waals surface area contributed by atoms with E-state index in [0.717, 1.165) is 28.8 Å². The average Bonchev–Trinajstić information content (AvgIpc) is 2.98. The molecular formula is C15H10F2N4O3. The van der Waals surface area contributed by atoms with E-state index in [1.807, 2.05) is 0 Å². The monoisotopic (exact) mass is 332 g/mol. The fourth-order valence-electron chi connectivity index (χ4n) is 2.17. The molecule has 0 saturated carbocycles. The van der Waals surface area contributed by atoms with Crippen molar-refractivity contribution >= 4 is 17.5 Å². The van der Waals surface area contributed by atoms with Crippen LogP contribution in [0.3, 0.4) is 0 Å². The van der Waals surface area contributed by atoms with Crippen molar-refractivity contribution in [2.45, 2.75) is 6.54 Å². The van der Waals surface area contributed by atoms with Crippen LogP contribution in [-0.4, -0.2) is 31.6 Å². The zero-order valence-corrected chi connectivity index (χ0v) is 12.0. The van der Waals surface area contributed by atoms with Gasteiger partial charge in [-0.05, 0) is 17.7 Å². The van der Waals surface area contributed by atoms with Crippen LogP contribution in [-0.2, 0) is 6.54 Å². The number of halogens is 2. The Morgan fingerprint density at radius 2 is 1.88 bits per heavy atom. The van der Waals surface area contributed by atoms with E-state index in [9.17, 15) is 23.5 Å². The van der Waals surface area contributed by atoms with Crippen LogP contribution in [0.15, 0.2) is 36.5 Å². The Hall–Kier alpha value is -3.36. The van der Waals surface area contributed by atoms with Crippen molar-refractivity contribution in [2.75, 3.05) is 0 Å². The Morgan fingerprint density at radius 3 is 2.54 bits per heavy atom. The van der Waals surface area contributed by atoms with Crippen molar-refractivity contribution in [3.63, 3.8) is 0 Å². The van der Waals surface area contributed by atoms with Gasteiger partial charge in [-0.1, -0.05) is 0 Å². The maximum atomic E-state index is 13.1. The van der Waals surface area contributed by atoms with Crippen LogP contribution < -0.4 is 5.32 Å². The first kappa shape index (κ1) is 15.5. The molecule has 1 amide bonds. The molecule has 0 saturated heterocycles. The van der Waals surface area contributed by atoms with Crippen LogP contribution >= 0.6 is 0 Å². The Morgan fingerprint density at radius 1 is 1.17 bits per heavy atom. The smallest absolute Gasteiger partial charge is 0.354 e. The molecule has 1 aromatic carbocycles. The highest BCUT2D eigenvalue weighted by Crippen LogP contribution is 2.10. The third-order valence-electron chi connectivity index (χ3n) is 3.19. The van der Waals surface area contributed by atoms with E-state index in [4.69, 9.17) is 0 Å². The molecule has 0 unspecified atom stereocenters. The molecule has 3 rings (SSSR count). The zero-order chi connectivity index (χ0) is 17.3. The molecule has 3 aromatic rings. The van der Waals surface area contributed by atoms with Gasteiger partial charge in [0.15, 0.2) is 11.3 Å². The van der Waals surface area contributed by atoms with Gasteiger partial charge in [-0.2, -0.15) is 5.10 Å². The Bertz CT molecular complexity index is 935. The molecule has 0 spiro atoms. The molecule has 0 fully saturated rings. The number of amides is 1. The predicted molar refractivity (Wildman–Crippen MR) is 77.5 cm³/mol. The summed E-state index contributed by atoms with van der Waals surface area (Å²) in [4.78, 5) is 27.4. The van der Waals surface area contributed by atoms with Crippen molar-refractivity contribution in [2.24, 2.45) is 0 Å². The second-order valence-electron chi connectivity index (χ2n) is 4.89. The minimum atomic E-state index is -1.27. The number of carbonyl (C=O) groups is 2. The van der Waals surface area contributed by atoms with Gasteiger partial charge < -0.3 is 10.4 Å². The SMILES string of the molecule is O=C(NCc1cc(F)cc(F)c1)c1cc(C(=O)O)n2nccc2n1. The first-order valence-corrected chi connectivity index (χ1v) is 6.75. The van der Waals surface area contributed by atoms with Gasteiger partial charge in [0.25, 0.3) is 5.91 Å². The van der Waals surface area contributed by atoms with Crippen LogP contribution in [0.5, 0.6) is 0 Å². The molecule has 122 valence electrons. The van der Waals surface area contributed by atoms with Gasteiger partial charge >= 0.3 is 5.97 Å². The lowest BCUT2D eigenvalue weighted by Gasteiger charge is -2.07. The third kappa shape index (κ3) is 3.05. The summed E-state index contributed by atoms with van der Waals surface area (Å²) in [5, 5.41) is 15.4. The third-order valence-corrected chi connectivity index (χ3v) is 3.19. The summed E-state index contributed by atoms with van der Waals surface area (Å²) in [5.41, 5.74) is 0.0470. The fraction of sp³-hybridized carbons (Fsp3) is 0.0667. The number of carbonyl (C=O) groups excluding carboxylic acids is 1. The molecule has 2 heterocycles. The minimum Gasteiger partial charge on any atom is -0.477 e. The molecule has 2 N–H and O–H groups in total. The number of aromatic nitrogens is 3. The lowest BCUT2D eigenvalue weighted by molar-refractivity contribution is 0.0687. The summed E-state index contributed by atoms with van der Waals surface area (Å²) >= 11 is 0. The molecule has 0 atom stereocenters. The van der Waals surface area contributed by atoms with E-state index in [1.165, 1.54) is 12.3 Å². The van der Waals surface area contributed by atoms with E-state index in [-0.39, 0.29) is 29.1 Å². The molecule has 0 aliphatic heterocycles. The number of aromatic carboxylic acids is 1. The second kappa shape index (κ2) is 6.03. The molecule has 2 aromatic heterocycles. The van der Waals surface area contributed by atoms with E-state index in [1.54, 1.807) is 0 Å². The van der Waals surface area contributed by atoms with Crippen LogP contribution in [0.4, 0.5) is 8.78 Å². The molecule has 0 aliphatic carbocycles. The summed E-state index contributed by atoms with van der Waals surface area (Å²) in [6.07, 6.45) is 1.35. The standard InChI is InChI=1S/C15H10F2N4O3/c16-9-3-8(4-10(17)5-9)7-18-14(22)11-6-12(15(23)24)21-13(20-11)1-2-19-21/h1-6H,7H2,(H,18,22)(H,23,24). The molecule has 0 radical (unpaired) electrons. The fourth-order valence-corrected chi connectivity index (χ4v) is 2.17. The van der Waals surface area contributed by atoms with Crippen molar-refractivity contribution in [1.29, 1.82) is 0 Å². The first-order valence-electron chi connectivity index (χ1n) is 6.75. The highest BCUT2D eigenvalue weighted by molar-refractivity contribution is 5.95. The van der Waals surface area contributed by atoms with Gasteiger partial charge in [0.05, 0.1) is 6.20 Å². The van der Waals surface area contributed by atoms with Gasteiger partial charge in [0.1, 0.15) is 17.3 Å². The molecule has 24 heavy (non-hydrogen) atoms. The van der Waals surface area contributed by atoms with Crippen LogP contribution in [0.25, 0.3) is 5.65 Å². The maximum Gasteiger partial charge on any atom is 0.354 e. The van der Waals surface area contributed by atoms with E-state index in [0.29, 0.717) is 0 Å². The number of hydrogen-bond donors (Lipinski definition) is 2. The van der Waals surface area contributed by atoms with Crippen molar-refractivity contribution in [1.82, 2.24) is 19.9 Å². The summed E-state index contributed by atoms with van der Waals surface area (Å²) in [5.74, 6) is -3.46. The largest absolute Gasteiger partial charge is 0.477 e. The van der Waals surface area contributed by atoms with Gasteiger partial charge in [-0.3, -0.25) is 4.79 Å². The Balaban J connectivity index is 1.84. The van der Waals surface area contributed by atoms with Gasteiger partial charge in [0, 0.05) is 24.7 Å². The number of carboxylic acid groups (broad SMARTS) is 1. The number of rotatable bonds is 4. The average molecular weight is 332 g/mol. The molecule has 0 bridgehead atoms. The molecular weight excluding hydrogens is 322 g/mol. The lowest BCUT2D eigenvalue weighted by atomic mass is 10.2. The van der Waals surface area contributed by atoms with Crippen LogP contribution in [0, 0.1) is 11.6 Å². The maximum absolute atomic E-state index is 13.1. The molecule has 9 heteroatoms.